The van der Waals surface area contributed by atoms with E-state index in [2.05, 4.69) is 5.92 Å². The number of thioether (sulfide) groups is 1. The topological polar surface area (TPSA) is 40.6 Å². The highest BCUT2D eigenvalue weighted by Gasteiger charge is 2.56. The van der Waals surface area contributed by atoms with Gasteiger partial charge in [0.2, 0.25) is 0 Å². The first-order valence-electron chi connectivity index (χ1n) is 6.93. The van der Waals surface area contributed by atoms with Gasteiger partial charge in [-0.05, 0) is 19.8 Å². The molecule has 3 amide bonds. The molecule has 3 heterocycles. The molecule has 1 saturated heterocycles. The van der Waals surface area contributed by atoms with Crippen LogP contribution < -0.4 is 0 Å². The van der Waals surface area contributed by atoms with Crippen molar-refractivity contribution in [2.75, 3.05) is 6.54 Å². The summed E-state index contributed by atoms with van der Waals surface area (Å²) in [7, 11) is 0. The number of allylic oxidation sites excluding steroid dienone is 2. The molecule has 0 saturated carbocycles. The number of alkyl halides is 1. The average molecular weight is 341 g/mol. The lowest BCUT2D eigenvalue weighted by Gasteiger charge is -2.29. The predicted octanol–water partition coefficient (Wildman–Crippen LogP) is 3.20. The Hall–Kier alpha value is -1.45. The molecule has 3 rings (SSSR count). The largest absolute Gasteiger partial charge is 0.332 e. The number of halogens is 2. The molecule has 4 nitrogen and oxygen atoms in total. The van der Waals surface area contributed by atoms with Crippen molar-refractivity contribution in [1.82, 2.24) is 9.80 Å². The maximum Gasteiger partial charge on any atom is 0.332 e. The molecule has 0 aliphatic carbocycles. The summed E-state index contributed by atoms with van der Waals surface area (Å²) in [5.74, 6) is 1.93. The highest BCUT2D eigenvalue weighted by atomic mass is 35.5. The van der Waals surface area contributed by atoms with Gasteiger partial charge in [-0.25, -0.2) is 14.1 Å². The smallest absolute Gasteiger partial charge is 0.289 e. The van der Waals surface area contributed by atoms with Crippen LogP contribution in [0.2, 0.25) is 0 Å². The monoisotopic (exact) mass is 340 g/mol. The molecular formula is C15H14ClFN2O2S. The molecule has 116 valence electrons. The zero-order chi connectivity index (χ0) is 16.1. The fourth-order valence-corrected chi connectivity index (χ4v) is 4.70. The molecule has 3 aliphatic rings. The van der Waals surface area contributed by atoms with E-state index in [0.717, 1.165) is 29.5 Å². The third-order valence-electron chi connectivity index (χ3n) is 3.93. The van der Waals surface area contributed by atoms with Gasteiger partial charge in [0.25, 0.3) is 5.91 Å². The molecule has 0 bridgehead atoms. The van der Waals surface area contributed by atoms with Crippen molar-refractivity contribution in [1.29, 1.82) is 0 Å². The third kappa shape index (κ3) is 2.15. The lowest BCUT2D eigenvalue weighted by Crippen LogP contribution is -2.48. The molecule has 2 unspecified atom stereocenters. The number of carbonyl (C=O) groups is 2. The Labute approximate surface area is 137 Å². The van der Waals surface area contributed by atoms with Gasteiger partial charge in [-0.2, -0.15) is 0 Å². The van der Waals surface area contributed by atoms with Crippen molar-refractivity contribution in [2.24, 2.45) is 0 Å². The summed E-state index contributed by atoms with van der Waals surface area (Å²) in [5.41, 5.74) is 0.326. The Kier molecular flexibility index (Phi) is 3.74. The number of hydrogen-bond donors (Lipinski definition) is 0. The molecule has 0 aromatic rings. The second-order valence-corrected chi connectivity index (χ2v) is 7.39. The molecule has 0 spiro atoms. The molecule has 7 heteroatoms. The van der Waals surface area contributed by atoms with E-state index in [4.69, 9.17) is 18.0 Å². The van der Waals surface area contributed by atoms with Gasteiger partial charge in [0, 0.05) is 17.9 Å². The minimum atomic E-state index is -1.89. The van der Waals surface area contributed by atoms with Gasteiger partial charge < -0.3 is 0 Å². The summed E-state index contributed by atoms with van der Waals surface area (Å²) in [6.07, 6.45) is 8.69. The van der Waals surface area contributed by atoms with Crippen LogP contribution in [0.25, 0.3) is 0 Å². The Morgan fingerprint density at radius 2 is 2.32 bits per heavy atom. The van der Waals surface area contributed by atoms with Crippen LogP contribution in [0.4, 0.5) is 9.18 Å². The zero-order valence-electron chi connectivity index (χ0n) is 11.9. The normalized spacial score (nSPS) is 31.5. The van der Waals surface area contributed by atoms with E-state index in [1.807, 2.05) is 0 Å². The van der Waals surface area contributed by atoms with Gasteiger partial charge in [0.15, 0.2) is 5.00 Å². The Morgan fingerprint density at radius 3 is 2.95 bits per heavy atom. The van der Waals surface area contributed by atoms with Crippen molar-refractivity contribution in [2.45, 2.75) is 37.2 Å². The van der Waals surface area contributed by atoms with Crippen LogP contribution in [0, 0.1) is 12.3 Å². The molecule has 0 radical (unpaired) electrons. The quantitative estimate of drug-likeness (QED) is 0.572. The second-order valence-electron chi connectivity index (χ2n) is 5.48. The summed E-state index contributed by atoms with van der Waals surface area (Å²) in [6, 6.07) is -1.64. The van der Waals surface area contributed by atoms with Crippen molar-refractivity contribution in [3.05, 3.63) is 21.7 Å². The summed E-state index contributed by atoms with van der Waals surface area (Å²) in [5, 5.41) is -1.74. The number of amides is 3. The van der Waals surface area contributed by atoms with Gasteiger partial charge in [-0.15, -0.1) is 12.3 Å². The van der Waals surface area contributed by atoms with Crippen molar-refractivity contribution in [3.63, 3.8) is 0 Å². The number of terminal acetylenes is 1. The Bertz CT molecular complexity index is 665. The van der Waals surface area contributed by atoms with E-state index in [1.165, 1.54) is 11.8 Å². The van der Waals surface area contributed by atoms with E-state index in [-0.39, 0.29) is 11.5 Å². The number of nitrogens with zero attached hydrogens (tertiary/aromatic N) is 2. The standard InChI is InChI=1S/C15H14ClFN2O2S/c1-3-6-10-11(16)12(15(2,17)22-10)19-13(20)9-7-4-5-8-18(9)14(19)21/h1,7,12H,4-6,8H2,2H3. The fraction of sp³-hybridized carbons (Fsp3) is 0.467. The minimum absolute atomic E-state index is 0.148. The van der Waals surface area contributed by atoms with Crippen LogP contribution in [-0.4, -0.2) is 39.3 Å². The molecule has 0 aromatic heterocycles. The maximum atomic E-state index is 15.0. The number of imide groups is 1. The molecule has 2 atom stereocenters. The number of carbonyl (C=O) groups excluding carboxylic acids is 2. The molecule has 1 fully saturated rings. The summed E-state index contributed by atoms with van der Waals surface area (Å²) in [4.78, 5) is 27.9. The molecule has 22 heavy (non-hydrogen) atoms. The average Bonchev–Trinajstić information content (AvgIpc) is 2.84. The number of urea groups is 1. The van der Waals surface area contributed by atoms with Crippen LogP contribution in [0.15, 0.2) is 21.7 Å². The van der Waals surface area contributed by atoms with E-state index in [0.29, 0.717) is 17.1 Å². The van der Waals surface area contributed by atoms with Crippen LogP contribution in [-0.2, 0) is 4.79 Å². The van der Waals surface area contributed by atoms with Crippen LogP contribution >= 0.6 is 23.4 Å². The van der Waals surface area contributed by atoms with E-state index < -0.39 is 23.0 Å². The molecule has 3 aliphatic heterocycles. The lowest BCUT2D eigenvalue weighted by atomic mass is 10.1. The first-order valence-corrected chi connectivity index (χ1v) is 8.13. The van der Waals surface area contributed by atoms with Gasteiger partial charge in [0.05, 0.1) is 5.03 Å². The van der Waals surface area contributed by atoms with E-state index in [9.17, 15) is 14.0 Å². The first-order chi connectivity index (χ1) is 10.4. The molecule has 0 aromatic carbocycles. The van der Waals surface area contributed by atoms with Crippen molar-refractivity contribution >= 4 is 35.3 Å². The van der Waals surface area contributed by atoms with Crippen LogP contribution in [0.5, 0.6) is 0 Å². The number of hydrogen-bond acceptors (Lipinski definition) is 3. The predicted molar refractivity (Wildman–Crippen MR) is 83.5 cm³/mol. The first kappa shape index (κ1) is 15.4. The maximum absolute atomic E-state index is 15.0. The Morgan fingerprint density at radius 1 is 1.59 bits per heavy atom. The van der Waals surface area contributed by atoms with Gasteiger partial charge in [-0.3, -0.25) is 9.69 Å². The highest BCUT2D eigenvalue weighted by molar-refractivity contribution is 8.04. The highest BCUT2D eigenvalue weighted by Crippen LogP contribution is 2.53. The van der Waals surface area contributed by atoms with Crippen LogP contribution in [0.3, 0.4) is 0 Å². The van der Waals surface area contributed by atoms with E-state index >= 15 is 0 Å². The van der Waals surface area contributed by atoms with Gasteiger partial charge in [-0.1, -0.05) is 29.4 Å². The number of fused-ring (bicyclic) bond motifs is 1. The fourth-order valence-electron chi connectivity index (χ4n) is 2.97. The van der Waals surface area contributed by atoms with Crippen molar-refractivity contribution in [3.8, 4) is 12.3 Å². The second kappa shape index (κ2) is 5.32. The zero-order valence-corrected chi connectivity index (χ0v) is 13.5. The Balaban J connectivity index is 2.01. The van der Waals surface area contributed by atoms with Crippen molar-refractivity contribution < 1.29 is 14.0 Å². The summed E-state index contributed by atoms with van der Waals surface area (Å²) < 4.78 is 15.0. The third-order valence-corrected chi connectivity index (χ3v) is 5.71. The molecule has 0 N–H and O–H groups in total. The summed E-state index contributed by atoms with van der Waals surface area (Å²) >= 11 is 7.14. The summed E-state index contributed by atoms with van der Waals surface area (Å²) in [6.45, 7) is 1.79. The SMILES string of the molecule is C#CCC1=C(Cl)C(N2C(=O)C3=CCCCN3C2=O)C(C)(F)S1. The van der Waals surface area contributed by atoms with Gasteiger partial charge in [0.1, 0.15) is 11.7 Å². The number of rotatable bonds is 2. The lowest BCUT2D eigenvalue weighted by molar-refractivity contribution is -0.125. The van der Waals surface area contributed by atoms with Gasteiger partial charge >= 0.3 is 6.03 Å². The minimum Gasteiger partial charge on any atom is -0.289 e. The van der Waals surface area contributed by atoms with E-state index in [1.54, 1.807) is 6.08 Å². The molecular weight excluding hydrogens is 327 g/mol. The van der Waals surface area contributed by atoms with Crippen LogP contribution in [0.1, 0.15) is 26.2 Å².